The molecule has 3 unspecified atom stereocenters. The summed E-state index contributed by atoms with van der Waals surface area (Å²) in [6, 6.07) is 4.36. The Morgan fingerprint density at radius 2 is 2.03 bits per heavy atom. The van der Waals surface area contributed by atoms with Gasteiger partial charge in [-0.2, -0.15) is 4.98 Å². The highest BCUT2D eigenvalue weighted by Crippen LogP contribution is 2.39. The molecule has 0 N–H and O–H groups in total. The Labute approximate surface area is 186 Å². The molecular formula is C21H24N4O4S2. The number of benzene rings is 1. The summed E-state index contributed by atoms with van der Waals surface area (Å²) in [6.45, 7) is 6.91. The van der Waals surface area contributed by atoms with E-state index in [1.165, 1.54) is 11.3 Å². The summed E-state index contributed by atoms with van der Waals surface area (Å²) in [4.78, 5) is 26.2. The highest BCUT2D eigenvalue weighted by Gasteiger charge is 2.49. The molecule has 0 radical (unpaired) electrons. The summed E-state index contributed by atoms with van der Waals surface area (Å²) < 4.78 is 23.9. The summed E-state index contributed by atoms with van der Waals surface area (Å²) in [6.07, 6.45) is 4.09. The number of piperidine rings is 1. The minimum atomic E-state index is -1.15. The number of piperazine rings is 1. The number of hydrogen-bond acceptors (Lipinski definition) is 8. The van der Waals surface area contributed by atoms with Gasteiger partial charge < -0.3 is 14.1 Å². The van der Waals surface area contributed by atoms with Crippen LogP contribution in [0.2, 0.25) is 0 Å². The van der Waals surface area contributed by atoms with Crippen LogP contribution in [0.3, 0.4) is 0 Å². The molecule has 3 aliphatic heterocycles. The van der Waals surface area contributed by atoms with Crippen molar-refractivity contribution in [1.29, 1.82) is 0 Å². The highest BCUT2D eigenvalue weighted by molar-refractivity contribution is 7.84. The molecule has 0 saturated carbocycles. The minimum absolute atomic E-state index is 0.0840. The minimum Gasteiger partial charge on any atom is -0.444 e. The summed E-state index contributed by atoms with van der Waals surface area (Å²) >= 11 is 1.50. The van der Waals surface area contributed by atoms with Gasteiger partial charge in [-0.25, -0.2) is 9.78 Å². The lowest BCUT2D eigenvalue weighted by atomic mass is 9.88. The zero-order valence-corrected chi connectivity index (χ0v) is 19.5. The van der Waals surface area contributed by atoms with Gasteiger partial charge in [0.2, 0.25) is 0 Å². The highest BCUT2D eigenvalue weighted by atomic mass is 32.2. The van der Waals surface area contributed by atoms with E-state index in [-0.39, 0.29) is 18.2 Å². The summed E-state index contributed by atoms with van der Waals surface area (Å²) in [7, 11) is -1.15. The fourth-order valence-electron chi connectivity index (χ4n) is 4.19. The Bertz CT molecular complexity index is 1160. The number of oxazole rings is 1. The maximum absolute atomic E-state index is 12.5. The number of amides is 1. The van der Waals surface area contributed by atoms with Gasteiger partial charge in [0.05, 0.1) is 17.6 Å². The first-order valence-corrected chi connectivity index (χ1v) is 12.6. The molecule has 2 bridgehead atoms. The number of nitrogens with zero attached hydrogens (tertiary/aromatic N) is 4. The maximum Gasteiger partial charge on any atom is 0.410 e. The van der Waals surface area contributed by atoms with E-state index in [0.29, 0.717) is 35.1 Å². The van der Waals surface area contributed by atoms with Crippen LogP contribution in [0, 0.1) is 0 Å². The van der Waals surface area contributed by atoms with Crippen LogP contribution in [0.1, 0.15) is 27.2 Å². The van der Waals surface area contributed by atoms with Crippen molar-refractivity contribution in [2.45, 2.75) is 49.8 Å². The van der Waals surface area contributed by atoms with E-state index in [1.807, 2.05) is 43.2 Å². The summed E-state index contributed by atoms with van der Waals surface area (Å²) in [5.41, 5.74) is 1.59. The third-order valence-corrected chi connectivity index (χ3v) is 7.22. The van der Waals surface area contributed by atoms with E-state index in [2.05, 4.69) is 9.88 Å². The molecule has 1 aromatic carbocycles. The lowest BCUT2D eigenvalue weighted by Gasteiger charge is -2.55. The molecule has 0 spiro atoms. The van der Waals surface area contributed by atoms with Crippen molar-refractivity contribution in [3.05, 3.63) is 23.7 Å². The number of anilines is 1. The number of carbonyl (C=O) groups excluding carboxylic acids is 1. The number of aromatic nitrogens is 2. The average Bonchev–Trinajstić information content (AvgIpc) is 3.35. The SMILES string of the molecule is CS(=O)c1cc(-c2nccs2)c2oc(N3CC4CC(C3)N4C(=O)OC(C)(C)C)nc2c1. The smallest absolute Gasteiger partial charge is 0.410 e. The van der Waals surface area contributed by atoms with Crippen molar-refractivity contribution in [2.24, 2.45) is 0 Å². The first-order valence-electron chi connectivity index (χ1n) is 10.1. The topological polar surface area (TPSA) is 88.8 Å². The van der Waals surface area contributed by atoms with E-state index in [4.69, 9.17) is 14.1 Å². The van der Waals surface area contributed by atoms with Crippen LogP contribution in [-0.2, 0) is 15.5 Å². The largest absolute Gasteiger partial charge is 0.444 e. The molecule has 0 aliphatic carbocycles. The first kappa shape index (κ1) is 20.4. The van der Waals surface area contributed by atoms with Crippen LogP contribution in [0.4, 0.5) is 10.8 Å². The molecule has 3 atom stereocenters. The quantitative estimate of drug-likeness (QED) is 0.586. The summed E-state index contributed by atoms with van der Waals surface area (Å²) in [5.74, 6) is 0. The van der Waals surface area contributed by atoms with E-state index >= 15 is 0 Å². The normalized spacial score (nSPS) is 21.8. The van der Waals surface area contributed by atoms with Gasteiger partial charge in [-0.15, -0.1) is 11.3 Å². The number of ether oxygens (including phenoxy) is 1. The zero-order chi connectivity index (χ0) is 21.9. The molecule has 8 nitrogen and oxygen atoms in total. The van der Waals surface area contributed by atoms with E-state index in [1.54, 1.807) is 12.5 Å². The third kappa shape index (κ3) is 3.71. The van der Waals surface area contributed by atoms with Gasteiger partial charge >= 0.3 is 6.09 Å². The fourth-order valence-corrected chi connectivity index (χ4v) is 5.40. The molecule has 164 valence electrons. The second kappa shape index (κ2) is 7.30. The molecule has 1 amide bonds. The molecule has 2 aromatic heterocycles. The number of thiazole rings is 1. The van der Waals surface area contributed by atoms with Crippen molar-refractivity contribution in [3.8, 4) is 10.6 Å². The number of hydrogen-bond donors (Lipinski definition) is 0. The lowest BCUT2D eigenvalue weighted by Crippen LogP contribution is -2.70. The van der Waals surface area contributed by atoms with E-state index in [9.17, 15) is 9.00 Å². The molecular weight excluding hydrogens is 436 g/mol. The van der Waals surface area contributed by atoms with Crippen LogP contribution in [0.25, 0.3) is 21.7 Å². The van der Waals surface area contributed by atoms with Crippen LogP contribution < -0.4 is 4.90 Å². The predicted octanol–water partition coefficient (Wildman–Crippen LogP) is 3.89. The van der Waals surface area contributed by atoms with Crippen LogP contribution in [-0.4, -0.2) is 62.2 Å². The van der Waals surface area contributed by atoms with Crippen LogP contribution in [0.15, 0.2) is 33.0 Å². The number of fused-ring (bicyclic) bond motifs is 3. The fraction of sp³-hybridized carbons (Fsp3) is 0.476. The van der Waals surface area contributed by atoms with Crippen LogP contribution in [0.5, 0.6) is 0 Å². The number of rotatable bonds is 3. The molecule has 3 saturated heterocycles. The van der Waals surface area contributed by atoms with Gasteiger partial charge in [0, 0.05) is 46.6 Å². The van der Waals surface area contributed by atoms with Crippen molar-refractivity contribution in [1.82, 2.24) is 14.9 Å². The van der Waals surface area contributed by atoms with Gasteiger partial charge in [-0.1, -0.05) is 0 Å². The van der Waals surface area contributed by atoms with Crippen LogP contribution >= 0.6 is 11.3 Å². The maximum atomic E-state index is 12.5. The zero-order valence-electron chi connectivity index (χ0n) is 17.8. The van der Waals surface area contributed by atoms with Crippen molar-refractivity contribution >= 4 is 45.3 Å². The Balaban J connectivity index is 1.43. The molecule has 6 rings (SSSR count). The molecule has 5 heterocycles. The monoisotopic (exact) mass is 460 g/mol. The average molecular weight is 461 g/mol. The van der Waals surface area contributed by atoms with Crippen molar-refractivity contribution in [2.75, 3.05) is 24.2 Å². The Morgan fingerprint density at radius 1 is 1.29 bits per heavy atom. The molecule has 3 aromatic rings. The lowest BCUT2D eigenvalue weighted by molar-refractivity contribution is -0.0386. The molecule has 31 heavy (non-hydrogen) atoms. The third-order valence-electron chi connectivity index (χ3n) is 5.51. The second-order valence-corrected chi connectivity index (χ2v) is 11.2. The second-order valence-electron chi connectivity index (χ2n) is 8.94. The van der Waals surface area contributed by atoms with Crippen molar-refractivity contribution in [3.63, 3.8) is 0 Å². The molecule has 3 fully saturated rings. The van der Waals surface area contributed by atoms with Gasteiger partial charge in [-0.05, 0) is 39.3 Å². The van der Waals surface area contributed by atoms with E-state index < -0.39 is 16.4 Å². The van der Waals surface area contributed by atoms with Gasteiger partial charge in [0.15, 0.2) is 5.58 Å². The molecule has 10 heteroatoms. The standard InChI is InChI=1S/C21H24N4O4S2/c1-21(2,3)29-20(26)25-12-7-13(25)11-24(10-12)19-23-16-9-14(31(4)27)8-15(17(16)28-19)18-22-5-6-30-18/h5-6,8-9,12-13H,7,10-11H2,1-4H3. The predicted molar refractivity (Wildman–Crippen MR) is 120 cm³/mol. The van der Waals surface area contributed by atoms with Gasteiger partial charge in [0.1, 0.15) is 16.1 Å². The molecule has 3 aliphatic rings. The van der Waals surface area contributed by atoms with Gasteiger partial charge in [0.25, 0.3) is 6.01 Å². The number of carbonyl (C=O) groups is 1. The Hall–Kier alpha value is -2.46. The summed E-state index contributed by atoms with van der Waals surface area (Å²) in [5, 5.41) is 2.70. The van der Waals surface area contributed by atoms with Crippen molar-refractivity contribution < 1.29 is 18.2 Å². The van der Waals surface area contributed by atoms with Gasteiger partial charge in [-0.3, -0.25) is 9.11 Å². The first-order chi connectivity index (χ1) is 14.7. The Kier molecular flexibility index (Phi) is 4.82. The van der Waals surface area contributed by atoms with E-state index in [0.717, 1.165) is 17.0 Å². The Morgan fingerprint density at radius 3 is 2.65 bits per heavy atom.